The molecule has 2 aromatic heterocycles. The third kappa shape index (κ3) is 4.32. The summed E-state index contributed by atoms with van der Waals surface area (Å²) in [5.41, 5.74) is 1.03. The Morgan fingerprint density at radius 1 is 1.16 bits per heavy atom. The van der Waals surface area contributed by atoms with E-state index in [1.54, 1.807) is 16.9 Å². The van der Waals surface area contributed by atoms with Gasteiger partial charge in [-0.2, -0.15) is 10.2 Å². The number of carbonyl (C=O) groups is 2. The molecule has 0 bridgehead atoms. The van der Waals surface area contributed by atoms with Gasteiger partial charge in [0.05, 0.1) is 6.54 Å². The fourth-order valence-corrected chi connectivity index (χ4v) is 2.52. The molecule has 9 heteroatoms. The second kappa shape index (κ2) is 7.31. The van der Waals surface area contributed by atoms with Crippen molar-refractivity contribution >= 4 is 33.6 Å². The number of halogens is 1. The Labute approximate surface area is 151 Å². The maximum atomic E-state index is 12.0. The first-order chi connectivity index (χ1) is 12.0. The second-order valence-corrected chi connectivity index (χ2v) is 6.17. The van der Waals surface area contributed by atoms with E-state index in [0.29, 0.717) is 12.4 Å². The van der Waals surface area contributed by atoms with Crippen LogP contribution in [0.3, 0.4) is 0 Å². The normalized spacial score (nSPS) is 10.6. The third-order valence-electron chi connectivity index (χ3n) is 3.40. The van der Waals surface area contributed by atoms with Crippen LogP contribution in [-0.2, 0) is 17.9 Å². The van der Waals surface area contributed by atoms with Crippen molar-refractivity contribution in [2.24, 2.45) is 0 Å². The minimum atomic E-state index is -1.14. The smallest absolute Gasteiger partial charge is 0.354 e. The zero-order chi connectivity index (χ0) is 17.8. The lowest BCUT2D eigenvalue weighted by atomic mass is 10.2. The number of carbonyl (C=O) groups excluding carboxylic acids is 1. The fraction of sp³-hybridized carbons (Fsp3) is 0.125. The molecule has 0 aliphatic heterocycles. The second-order valence-electron chi connectivity index (χ2n) is 5.25. The summed E-state index contributed by atoms with van der Waals surface area (Å²) < 4.78 is 3.83. The molecule has 0 radical (unpaired) electrons. The minimum absolute atomic E-state index is 0.0454. The quantitative estimate of drug-likeness (QED) is 0.656. The number of nitrogens with zero attached hydrogens (tertiary/aromatic N) is 4. The van der Waals surface area contributed by atoms with Crippen LogP contribution in [-0.4, -0.2) is 36.5 Å². The maximum Gasteiger partial charge on any atom is 0.354 e. The molecule has 25 heavy (non-hydrogen) atoms. The number of carboxylic acid groups (broad SMARTS) is 1. The lowest BCUT2D eigenvalue weighted by Gasteiger charge is -2.05. The van der Waals surface area contributed by atoms with Crippen molar-refractivity contribution in [3.05, 3.63) is 64.5 Å². The number of benzene rings is 1. The van der Waals surface area contributed by atoms with Crippen LogP contribution in [0.5, 0.6) is 0 Å². The molecule has 0 saturated carbocycles. The van der Waals surface area contributed by atoms with Crippen LogP contribution in [0.25, 0.3) is 0 Å². The van der Waals surface area contributed by atoms with Gasteiger partial charge >= 0.3 is 5.97 Å². The van der Waals surface area contributed by atoms with E-state index in [9.17, 15) is 9.59 Å². The molecule has 0 atom stereocenters. The fourth-order valence-electron chi connectivity index (χ4n) is 2.25. The molecule has 128 valence electrons. The Morgan fingerprint density at radius 3 is 2.64 bits per heavy atom. The first-order valence-electron chi connectivity index (χ1n) is 7.34. The summed E-state index contributed by atoms with van der Waals surface area (Å²) in [5, 5.41) is 19.8. The molecule has 0 aliphatic carbocycles. The van der Waals surface area contributed by atoms with Gasteiger partial charge in [-0.15, -0.1) is 0 Å². The maximum absolute atomic E-state index is 12.0. The molecule has 0 fully saturated rings. The predicted molar refractivity (Wildman–Crippen MR) is 93.3 cm³/mol. The molecule has 3 rings (SSSR count). The lowest BCUT2D eigenvalue weighted by molar-refractivity contribution is -0.116. The van der Waals surface area contributed by atoms with Gasteiger partial charge in [0.25, 0.3) is 0 Å². The van der Waals surface area contributed by atoms with Crippen LogP contribution in [0.4, 0.5) is 5.82 Å². The van der Waals surface area contributed by atoms with Gasteiger partial charge in [0.15, 0.2) is 5.82 Å². The molecule has 0 spiro atoms. The number of nitrogens with one attached hydrogen (secondary N) is 1. The Hall–Kier alpha value is -2.94. The van der Waals surface area contributed by atoms with Crippen LogP contribution in [0, 0.1) is 0 Å². The SMILES string of the molecule is O=C(Cn1nccc1C(=O)O)Nc1ccn(Cc2ccc(Br)cc2)n1. The van der Waals surface area contributed by atoms with Gasteiger partial charge in [-0.25, -0.2) is 9.48 Å². The Bertz CT molecular complexity index is 901. The summed E-state index contributed by atoms with van der Waals surface area (Å²) in [7, 11) is 0. The van der Waals surface area contributed by atoms with Crippen LogP contribution in [0.1, 0.15) is 16.1 Å². The summed E-state index contributed by atoms with van der Waals surface area (Å²) >= 11 is 3.39. The van der Waals surface area contributed by atoms with Gasteiger partial charge in [-0.1, -0.05) is 28.1 Å². The highest BCUT2D eigenvalue weighted by Crippen LogP contribution is 2.12. The molecule has 0 aliphatic rings. The van der Waals surface area contributed by atoms with Crippen molar-refractivity contribution in [2.45, 2.75) is 13.1 Å². The van der Waals surface area contributed by atoms with E-state index in [1.165, 1.54) is 12.3 Å². The summed E-state index contributed by atoms with van der Waals surface area (Å²) in [6.07, 6.45) is 3.10. The number of hydrogen-bond acceptors (Lipinski definition) is 4. The monoisotopic (exact) mass is 403 g/mol. The highest BCUT2D eigenvalue weighted by molar-refractivity contribution is 9.10. The molecule has 0 unspecified atom stereocenters. The Balaban J connectivity index is 1.61. The van der Waals surface area contributed by atoms with E-state index in [1.807, 2.05) is 24.3 Å². The van der Waals surface area contributed by atoms with E-state index in [0.717, 1.165) is 14.7 Å². The molecule has 2 N–H and O–H groups in total. The number of aromatic nitrogens is 4. The Kier molecular flexibility index (Phi) is 4.94. The molecule has 1 amide bonds. The number of hydrogen-bond donors (Lipinski definition) is 2. The van der Waals surface area contributed by atoms with Crippen molar-refractivity contribution in [1.82, 2.24) is 19.6 Å². The van der Waals surface area contributed by atoms with Crippen molar-refractivity contribution in [2.75, 3.05) is 5.32 Å². The standard InChI is InChI=1S/C16H14BrN5O3/c17-12-3-1-11(2-4-12)9-21-8-6-14(20-21)19-15(23)10-22-13(16(24)25)5-7-18-22/h1-8H,9-10H2,(H,24,25)(H,19,20,23). The number of carboxylic acids is 1. The average Bonchev–Trinajstić information content (AvgIpc) is 3.19. The Morgan fingerprint density at radius 2 is 1.92 bits per heavy atom. The lowest BCUT2D eigenvalue weighted by Crippen LogP contribution is -2.22. The van der Waals surface area contributed by atoms with Crippen LogP contribution >= 0.6 is 15.9 Å². The first kappa shape index (κ1) is 16.9. The molecule has 2 heterocycles. The van der Waals surface area contributed by atoms with Crippen molar-refractivity contribution in [3.63, 3.8) is 0 Å². The summed E-state index contributed by atoms with van der Waals surface area (Å²) in [6.45, 7) is 0.375. The number of rotatable bonds is 6. The first-order valence-corrected chi connectivity index (χ1v) is 8.13. The zero-order valence-electron chi connectivity index (χ0n) is 13.0. The van der Waals surface area contributed by atoms with E-state index in [2.05, 4.69) is 31.4 Å². The summed E-state index contributed by atoms with van der Waals surface area (Å²) in [6, 6.07) is 10.9. The molecule has 8 nitrogen and oxygen atoms in total. The van der Waals surface area contributed by atoms with Gasteiger partial charge in [0.1, 0.15) is 12.2 Å². The van der Waals surface area contributed by atoms with Gasteiger partial charge in [-0.05, 0) is 23.8 Å². The van der Waals surface area contributed by atoms with Gasteiger partial charge in [-0.3, -0.25) is 9.48 Å². The number of anilines is 1. The molecule has 1 aromatic carbocycles. The van der Waals surface area contributed by atoms with Gasteiger partial charge in [0.2, 0.25) is 5.91 Å². The van der Waals surface area contributed by atoms with E-state index in [-0.39, 0.29) is 12.2 Å². The topological polar surface area (TPSA) is 102 Å². The number of aromatic carboxylic acids is 1. The molecule has 0 saturated heterocycles. The van der Waals surface area contributed by atoms with Crippen molar-refractivity contribution in [1.29, 1.82) is 0 Å². The van der Waals surface area contributed by atoms with Gasteiger partial charge in [0, 0.05) is 22.9 Å². The molecule has 3 aromatic rings. The molecular formula is C16H14BrN5O3. The minimum Gasteiger partial charge on any atom is -0.477 e. The summed E-state index contributed by atoms with van der Waals surface area (Å²) in [5.74, 6) is -1.14. The number of amides is 1. The highest BCUT2D eigenvalue weighted by Gasteiger charge is 2.13. The molecular weight excluding hydrogens is 390 g/mol. The van der Waals surface area contributed by atoms with E-state index < -0.39 is 11.9 Å². The van der Waals surface area contributed by atoms with Crippen molar-refractivity contribution < 1.29 is 14.7 Å². The van der Waals surface area contributed by atoms with E-state index in [4.69, 9.17) is 5.11 Å². The van der Waals surface area contributed by atoms with Crippen molar-refractivity contribution in [3.8, 4) is 0 Å². The van der Waals surface area contributed by atoms with Crippen LogP contribution < -0.4 is 5.32 Å². The highest BCUT2D eigenvalue weighted by atomic mass is 79.9. The third-order valence-corrected chi connectivity index (χ3v) is 3.92. The summed E-state index contributed by atoms with van der Waals surface area (Å²) in [4.78, 5) is 23.0. The van der Waals surface area contributed by atoms with Crippen LogP contribution in [0.15, 0.2) is 53.3 Å². The zero-order valence-corrected chi connectivity index (χ0v) is 14.5. The van der Waals surface area contributed by atoms with Crippen LogP contribution in [0.2, 0.25) is 0 Å². The predicted octanol–water partition coefficient (Wildman–Crippen LogP) is 2.23. The van der Waals surface area contributed by atoms with E-state index >= 15 is 0 Å². The van der Waals surface area contributed by atoms with Gasteiger partial charge < -0.3 is 10.4 Å². The average molecular weight is 404 g/mol. The largest absolute Gasteiger partial charge is 0.477 e.